The van der Waals surface area contributed by atoms with E-state index >= 15 is 0 Å². The molecule has 1 aliphatic heterocycles. The highest BCUT2D eigenvalue weighted by molar-refractivity contribution is 6.30. The van der Waals surface area contributed by atoms with Crippen molar-refractivity contribution >= 4 is 41.1 Å². The van der Waals surface area contributed by atoms with Crippen molar-refractivity contribution in [3.63, 3.8) is 0 Å². The Balaban J connectivity index is 1.93. The van der Waals surface area contributed by atoms with Gasteiger partial charge in [0.05, 0.1) is 17.7 Å². The second kappa shape index (κ2) is 8.01. The molecular weight excluding hydrogens is 353 g/mol. The van der Waals surface area contributed by atoms with Crippen LogP contribution in [-0.4, -0.2) is 25.4 Å². The van der Waals surface area contributed by atoms with Gasteiger partial charge in [-0.15, -0.1) is 0 Å². The predicted molar refractivity (Wildman–Crippen MR) is 105 cm³/mol. The minimum Gasteiger partial charge on any atom is -0.327 e. The summed E-state index contributed by atoms with van der Waals surface area (Å²) in [7, 11) is 0. The Morgan fingerprint density at radius 3 is 1.60 bits per heavy atom. The Hall–Kier alpha value is -1.87. The zero-order valence-corrected chi connectivity index (χ0v) is 15.6. The average Bonchev–Trinajstić information content (AvgIpc) is 2.62. The molecule has 4 heteroatoms. The first kappa shape index (κ1) is 17.9. The largest absolute Gasteiger partial charge is 0.327 e. The van der Waals surface area contributed by atoms with E-state index in [1.807, 2.05) is 60.7 Å². The zero-order valence-electron chi connectivity index (χ0n) is 14.1. The molecule has 128 valence electrons. The van der Waals surface area contributed by atoms with E-state index in [0.29, 0.717) is 10.0 Å². The molecule has 0 radical (unpaired) electrons. The molecule has 25 heavy (non-hydrogen) atoms. The molecule has 2 aromatic carbocycles. The summed E-state index contributed by atoms with van der Waals surface area (Å²) < 4.78 is 0. The van der Waals surface area contributed by atoms with Crippen LogP contribution in [0.5, 0.6) is 0 Å². The molecule has 3 rings (SSSR count). The Kier molecular flexibility index (Phi) is 5.74. The maximum absolute atomic E-state index is 12.9. The number of piperidine rings is 1. The second-order valence-electron chi connectivity index (χ2n) is 6.23. The van der Waals surface area contributed by atoms with Crippen molar-refractivity contribution in [3.05, 3.63) is 80.8 Å². The van der Waals surface area contributed by atoms with E-state index in [1.54, 1.807) is 0 Å². The van der Waals surface area contributed by atoms with Crippen molar-refractivity contribution in [2.45, 2.75) is 6.92 Å². The lowest BCUT2D eigenvalue weighted by atomic mass is 9.94. The molecule has 2 aromatic rings. The summed E-state index contributed by atoms with van der Waals surface area (Å²) in [6, 6.07) is 15.1. The number of hydrogen-bond donors (Lipinski definition) is 1. The third-order valence-electron chi connectivity index (χ3n) is 4.39. The number of hydrogen-bond acceptors (Lipinski definition) is 1. The van der Waals surface area contributed by atoms with Crippen molar-refractivity contribution in [1.82, 2.24) is 0 Å². The number of ketones is 1. The van der Waals surface area contributed by atoms with E-state index < -0.39 is 0 Å². The van der Waals surface area contributed by atoms with E-state index in [9.17, 15) is 4.79 Å². The number of quaternary nitrogens is 1. The number of nitrogens with one attached hydrogen (secondary N) is 1. The van der Waals surface area contributed by atoms with Gasteiger partial charge in [-0.05, 0) is 54.5 Å². The van der Waals surface area contributed by atoms with Crippen LogP contribution in [0, 0.1) is 0 Å². The molecule has 0 amide bonds. The molecule has 0 spiro atoms. The van der Waals surface area contributed by atoms with Crippen LogP contribution in [-0.2, 0) is 4.79 Å². The number of likely N-dealkylation sites (tertiary alicyclic amines) is 1. The van der Waals surface area contributed by atoms with Gasteiger partial charge in [-0.25, -0.2) is 0 Å². The van der Waals surface area contributed by atoms with E-state index in [-0.39, 0.29) is 5.78 Å². The smallest absolute Gasteiger partial charge is 0.196 e. The van der Waals surface area contributed by atoms with Crippen LogP contribution in [0.4, 0.5) is 0 Å². The SMILES string of the molecule is CC[NH+]1C/C(=C/c2ccc(Cl)cc2)C(=O)/C(=C/c2ccc(Cl)cc2)C1. The van der Waals surface area contributed by atoms with Gasteiger partial charge < -0.3 is 4.90 Å². The first-order valence-corrected chi connectivity index (χ1v) is 9.11. The number of likely N-dealkylation sites (N-methyl/N-ethyl adjacent to an activating group) is 1. The maximum Gasteiger partial charge on any atom is 0.196 e. The van der Waals surface area contributed by atoms with Crippen molar-refractivity contribution in [2.75, 3.05) is 19.6 Å². The lowest BCUT2D eigenvalue weighted by Gasteiger charge is -2.25. The van der Waals surface area contributed by atoms with Crippen molar-refractivity contribution in [1.29, 1.82) is 0 Å². The van der Waals surface area contributed by atoms with E-state index in [0.717, 1.165) is 41.9 Å². The molecule has 2 nitrogen and oxygen atoms in total. The van der Waals surface area contributed by atoms with Crippen LogP contribution in [0.3, 0.4) is 0 Å². The number of halogens is 2. The van der Waals surface area contributed by atoms with Crippen LogP contribution in [0.25, 0.3) is 12.2 Å². The van der Waals surface area contributed by atoms with Gasteiger partial charge in [0.2, 0.25) is 0 Å². The van der Waals surface area contributed by atoms with Crippen LogP contribution in [0.1, 0.15) is 18.1 Å². The Morgan fingerprint density at radius 2 is 1.24 bits per heavy atom. The maximum atomic E-state index is 12.9. The Morgan fingerprint density at radius 1 is 0.840 bits per heavy atom. The average molecular weight is 373 g/mol. The summed E-state index contributed by atoms with van der Waals surface area (Å²) in [6.07, 6.45) is 3.95. The fraction of sp³-hybridized carbons (Fsp3) is 0.190. The second-order valence-corrected chi connectivity index (χ2v) is 7.10. The standard InChI is InChI=1S/C21H19Cl2NO/c1-2-24-13-17(11-15-3-7-19(22)8-4-15)21(25)18(14-24)12-16-5-9-20(23)10-6-16/h3-12H,2,13-14H2,1H3/p+1/b17-11-,18-12+. The number of carbonyl (C=O) groups excluding carboxylic acids is 1. The van der Waals surface area contributed by atoms with Gasteiger partial charge in [0.25, 0.3) is 0 Å². The molecule has 1 unspecified atom stereocenters. The van der Waals surface area contributed by atoms with Crippen LogP contribution < -0.4 is 4.90 Å². The van der Waals surface area contributed by atoms with E-state index in [1.165, 1.54) is 4.90 Å². The van der Waals surface area contributed by atoms with Gasteiger partial charge in [-0.2, -0.15) is 0 Å². The highest BCUT2D eigenvalue weighted by Crippen LogP contribution is 2.18. The van der Waals surface area contributed by atoms with Gasteiger partial charge in [0, 0.05) is 10.0 Å². The summed E-state index contributed by atoms with van der Waals surface area (Å²) in [5, 5.41) is 1.39. The summed E-state index contributed by atoms with van der Waals surface area (Å²) >= 11 is 11.9. The summed E-state index contributed by atoms with van der Waals surface area (Å²) in [5.74, 6) is 0.127. The predicted octanol–water partition coefficient (Wildman–Crippen LogP) is 3.95. The van der Waals surface area contributed by atoms with Gasteiger partial charge >= 0.3 is 0 Å². The first-order valence-electron chi connectivity index (χ1n) is 8.35. The molecular formula is C21H20Cl2NO+. The van der Waals surface area contributed by atoms with E-state index in [2.05, 4.69) is 6.92 Å². The zero-order chi connectivity index (χ0) is 17.8. The number of Topliss-reactive ketones (excluding diaryl/α,β-unsaturated/α-hetero) is 1. The molecule has 1 saturated heterocycles. The Bertz CT molecular complexity index is 752. The molecule has 1 aliphatic rings. The molecule has 1 heterocycles. The summed E-state index contributed by atoms with van der Waals surface area (Å²) in [5.41, 5.74) is 3.67. The molecule has 1 fully saturated rings. The molecule has 0 aliphatic carbocycles. The minimum absolute atomic E-state index is 0.127. The van der Waals surface area contributed by atoms with Gasteiger partial charge in [0.15, 0.2) is 5.78 Å². The first-order chi connectivity index (χ1) is 12.0. The molecule has 1 N–H and O–H groups in total. The van der Waals surface area contributed by atoms with Gasteiger partial charge in [0.1, 0.15) is 13.1 Å². The van der Waals surface area contributed by atoms with Crippen molar-refractivity contribution in [2.24, 2.45) is 0 Å². The van der Waals surface area contributed by atoms with Gasteiger partial charge in [-0.1, -0.05) is 47.5 Å². The number of benzene rings is 2. The topological polar surface area (TPSA) is 21.5 Å². The van der Waals surface area contributed by atoms with Crippen LogP contribution in [0.15, 0.2) is 59.7 Å². The van der Waals surface area contributed by atoms with Crippen LogP contribution in [0.2, 0.25) is 10.0 Å². The quantitative estimate of drug-likeness (QED) is 0.809. The van der Waals surface area contributed by atoms with Gasteiger partial charge in [-0.3, -0.25) is 4.79 Å². The fourth-order valence-corrected chi connectivity index (χ4v) is 3.22. The highest BCUT2D eigenvalue weighted by Gasteiger charge is 2.28. The number of rotatable bonds is 3. The summed E-state index contributed by atoms with van der Waals surface area (Å²) in [4.78, 5) is 14.3. The summed E-state index contributed by atoms with van der Waals surface area (Å²) in [6.45, 7) is 4.61. The lowest BCUT2D eigenvalue weighted by Crippen LogP contribution is -3.13. The normalized spacial score (nSPS) is 21.1. The van der Waals surface area contributed by atoms with Crippen molar-refractivity contribution in [3.8, 4) is 0 Å². The van der Waals surface area contributed by atoms with Crippen LogP contribution >= 0.6 is 23.2 Å². The van der Waals surface area contributed by atoms with Crippen molar-refractivity contribution < 1.29 is 9.69 Å². The number of carbonyl (C=O) groups is 1. The minimum atomic E-state index is 0.127. The molecule has 0 aromatic heterocycles. The molecule has 0 bridgehead atoms. The monoisotopic (exact) mass is 372 g/mol. The lowest BCUT2D eigenvalue weighted by molar-refractivity contribution is -0.889. The Labute approximate surface area is 158 Å². The van der Waals surface area contributed by atoms with E-state index in [4.69, 9.17) is 23.2 Å². The molecule has 1 atom stereocenters. The highest BCUT2D eigenvalue weighted by atomic mass is 35.5. The fourth-order valence-electron chi connectivity index (χ4n) is 2.97. The molecule has 0 saturated carbocycles. The third kappa shape index (κ3) is 4.60. The third-order valence-corrected chi connectivity index (χ3v) is 4.89.